The largest absolute Gasteiger partial charge is 0.497 e. The lowest BCUT2D eigenvalue weighted by molar-refractivity contribution is -0.123. The van der Waals surface area contributed by atoms with E-state index in [1.54, 1.807) is 7.11 Å². The minimum Gasteiger partial charge on any atom is -0.497 e. The highest BCUT2D eigenvalue weighted by molar-refractivity contribution is 5.78. The molecule has 2 heterocycles. The van der Waals surface area contributed by atoms with Crippen LogP contribution in [-0.2, 0) is 11.3 Å². The highest BCUT2D eigenvalue weighted by Crippen LogP contribution is 2.20. The number of carbonyl (C=O) groups is 1. The van der Waals surface area contributed by atoms with E-state index < -0.39 is 0 Å². The third kappa shape index (κ3) is 5.51. The van der Waals surface area contributed by atoms with E-state index in [2.05, 4.69) is 25.3 Å². The first-order chi connectivity index (χ1) is 13.0. The Kier molecular flexibility index (Phi) is 6.41. The molecule has 1 fully saturated rings. The smallest absolute Gasteiger partial charge is 0.241 e. The van der Waals surface area contributed by atoms with Crippen molar-refractivity contribution in [1.82, 2.24) is 25.3 Å². The molecule has 1 aromatic heterocycles. The molecular formula is C19H27N5O3. The topological polar surface area (TPSA) is 83.7 Å². The van der Waals surface area contributed by atoms with Gasteiger partial charge in [0.05, 0.1) is 20.2 Å². The second-order valence-electron chi connectivity index (χ2n) is 7.01. The second-order valence-corrected chi connectivity index (χ2v) is 7.01. The summed E-state index contributed by atoms with van der Waals surface area (Å²) >= 11 is 0. The SMILES string of the molecule is COc1ccc(-c2noc(CN3CCN(CC(=O)NC(C)C)CC3)n2)cc1. The summed E-state index contributed by atoms with van der Waals surface area (Å²) in [7, 11) is 1.64. The zero-order valence-corrected chi connectivity index (χ0v) is 16.1. The van der Waals surface area contributed by atoms with Crippen LogP contribution in [0.15, 0.2) is 28.8 Å². The number of aromatic nitrogens is 2. The first kappa shape index (κ1) is 19.3. The Balaban J connectivity index is 1.48. The summed E-state index contributed by atoms with van der Waals surface area (Å²) in [4.78, 5) is 20.8. The summed E-state index contributed by atoms with van der Waals surface area (Å²) in [6, 6.07) is 7.75. The Bertz CT molecular complexity index is 736. The van der Waals surface area contributed by atoms with Crippen molar-refractivity contribution in [3.05, 3.63) is 30.2 Å². The summed E-state index contributed by atoms with van der Waals surface area (Å²) in [6.45, 7) is 8.46. The van der Waals surface area contributed by atoms with Crippen LogP contribution in [0.4, 0.5) is 0 Å². The van der Waals surface area contributed by atoms with Gasteiger partial charge in [0.15, 0.2) is 0 Å². The van der Waals surface area contributed by atoms with Gasteiger partial charge in [-0.05, 0) is 38.1 Å². The fraction of sp³-hybridized carbons (Fsp3) is 0.526. The summed E-state index contributed by atoms with van der Waals surface area (Å²) in [5.74, 6) is 2.06. The third-order valence-electron chi connectivity index (χ3n) is 4.46. The van der Waals surface area contributed by atoms with Crippen LogP contribution in [0.25, 0.3) is 11.4 Å². The maximum atomic E-state index is 11.9. The molecule has 1 aromatic carbocycles. The Hall–Kier alpha value is -2.45. The van der Waals surface area contributed by atoms with Crippen molar-refractivity contribution in [3.63, 3.8) is 0 Å². The summed E-state index contributed by atoms with van der Waals surface area (Å²) in [5.41, 5.74) is 0.895. The van der Waals surface area contributed by atoms with Gasteiger partial charge < -0.3 is 14.6 Å². The minimum atomic E-state index is 0.0829. The fourth-order valence-electron chi connectivity index (χ4n) is 3.04. The van der Waals surface area contributed by atoms with Gasteiger partial charge in [0, 0.05) is 37.8 Å². The Morgan fingerprint density at radius 1 is 1.19 bits per heavy atom. The zero-order valence-electron chi connectivity index (χ0n) is 16.1. The van der Waals surface area contributed by atoms with E-state index in [9.17, 15) is 4.79 Å². The average Bonchev–Trinajstić information content (AvgIpc) is 3.11. The second kappa shape index (κ2) is 8.96. The number of piperazine rings is 1. The van der Waals surface area contributed by atoms with Gasteiger partial charge in [-0.15, -0.1) is 0 Å². The van der Waals surface area contributed by atoms with E-state index in [1.165, 1.54) is 0 Å². The highest BCUT2D eigenvalue weighted by atomic mass is 16.5. The molecule has 0 bridgehead atoms. The van der Waals surface area contributed by atoms with Crippen molar-refractivity contribution in [3.8, 4) is 17.1 Å². The molecular weight excluding hydrogens is 346 g/mol. The van der Waals surface area contributed by atoms with Crippen LogP contribution in [0.2, 0.25) is 0 Å². The summed E-state index contributed by atoms with van der Waals surface area (Å²) in [5, 5.41) is 7.00. The number of hydrogen-bond donors (Lipinski definition) is 1. The van der Waals surface area contributed by atoms with Crippen LogP contribution in [0.3, 0.4) is 0 Å². The van der Waals surface area contributed by atoms with E-state index in [0.717, 1.165) is 37.5 Å². The van der Waals surface area contributed by atoms with Crippen molar-refractivity contribution < 1.29 is 14.1 Å². The Labute approximate surface area is 159 Å². The van der Waals surface area contributed by atoms with E-state index in [4.69, 9.17) is 9.26 Å². The predicted octanol–water partition coefficient (Wildman–Crippen LogP) is 1.39. The molecule has 1 aliphatic heterocycles. The molecule has 0 spiro atoms. The first-order valence-electron chi connectivity index (χ1n) is 9.24. The first-order valence-corrected chi connectivity index (χ1v) is 9.24. The molecule has 1 N–H and O–H groups in total. The molecule has 0 aliphatic carbocycles. The zero-order chi connectivity index (χ0) is 19.2. The quantitative estimate of drug-likeness (QED) is 0.785. The molecule has 0 radical (unpaired) electrons. The molecule has 0 saturated carbocycles. The molecule has 3 rings (SSSR count). The number of carbonyl (C=O) groups excluding carboxylic acids is 1. The number of nitrogens with one attached hydrogen (secondary N) is 1. The van der Waals surface area contributed by atoms with Crippen molar-refractivity contribution in [1.29, 1.82) is 0 Å². The van der Waals surface area contributed by atoms with Gasteiger partial charge in [0.25, 0.3) is 0 Å². The maximum absolute atomic E-state index is 11.9. The van der Waals surface area contributed by atoms with Gasteiger partial charge in [-0.1, -0.05) is 5.16 Å². The molecule has 8 nitrogen and oxygen atoms in total. The monoisotopic (exact) mass is 373 g/mol. The molecule has 2 aromatic rings. The predicted molar refractivity (Wildman–Crippen MR) is 101 cm³/mol. The van der Waals surface area contributed by atoms with Crippen molar-refractivity contribution in [2.45, 2.75) is 26.4 Å². The van der Waals surface area contributed by atoms with Crippen molar-refractivity contribution in [2.75, 3.05) is 39.8 Å². The van der Waals surface area contributed by atoms with Crippen LogP contribution in [-0.4, -0.2) is 71.7 Å². The van der Waals surface area contributed by atoms with Crippen molar-refractivity contribution in [2.24, 2.45) is 0 Å². The number of amides is 1. The number of rotatable bonds is 7. The molecule has 1 aliphatic rings. The molecule has 0 atom stereocenters. The Morgan fingerprint density at radius 3 is 2.48 bits per heavy atom. The molecule has 1 amide bonds. The van der Waals surface area contributed by atoms with Gasteiger partial charge in [-0.25, -0.2) is 0 Å². The summed E-state index contributed by atoms with van der Waals surface area (Å²) in [6.07, 6.45) is 0. The lowest BCUT2D eigenvalue weighted by atomic mass is 10.2. The van der Waals surface area contributed by atoms with Crippen LogP contribution in [0, 0.1) is 0 Å². The fourth-order valence-corrected chi connectivity index (χ4v) is 3.04. The van der Waals surface area contributed by atoms with Gasteiger partial charge >= 0.3 is 0 Å². The normalized spacial score (nSPS) is 15.9. The van der Waals surface area contributed by atoms with E-state index >= 15 is 0 Å². The van der Waals surface area contributed by atoms with Gasteiger partial charge in [0.1, 0.15) is 5.75 Å². The van der Waals surface area contributed by atoms with Gasteiger partial charge in [-0.3, -0.25) is 14.6 Å². The lowest BCUT2D eigenvalue weighted by Crippen LogP contribution is -2.49. The van der Waals surface area contributed by atoms with Crippen LogP contribution < -0.4 is 10.1 Å². The number of hydrogen-bond acceptors (Lipinski definition) is 7. The van der Waals surface area contributed by atoms with E-state index in [0.29, 0.717) is 24.8 Å². The van der Waals surface area contributed by atoms with E-state index in [1.807, 2.05) is 38.1 Å². The van der Waals surface area contributed by atoms with Gasteiger partial charge in [-0.2, -0.15) is 4.98 Å². The maximum Gasteiger partial charge on any atom is 0.241 e. The van der Waals surface area contributed by atoms with Crippen LogP contribution in [0.5, 0.6) is 5.75 Å². The molecule has 146 valence electrons. The van der Waals surface area contributed by atoms with Crippen LogP contribution >= 0.6 is 0 Å². The lowest BCUT2D eigenvalue weighted by Gasteiger charge is -2.33. The highest BCUT2D eigenvalue weighted by Gasteiger charge is 2.21. The van der Waals surface area contributed by atoms with Crippen molar-refractivity contribution >= 4 is 5.91 Å². The number of nitrogens with zero attached hydrogens (tertiary/aromatic N) is 4. The summed E-state index contributed by atoms with van der Waals surface area (Å²) < 4.78 is 10.6. The molecule has 1 saturated heterocycles. The van der Waals surface area contributed by atoms with Gasteiger partial charge in [0.2, 0.25) is 17.6 Å². The van der Waals surface area contributed by atoms with Crippen LogP contribution in [0.1, 0.15) is 19.7 Å². The third-order valence-corrected chi connectivity index (χ3v) is 4.46. The van der Waals surface area contributed by atoms with E-state index in [-0.39, 0.29) is 11.9 Å². The standard InChI is InChI=1S/C19H27N5O3/c1-14(2)20-17(25)12-23-8-10-24(11-9-23)13-18-21-19(22-27-18)15-4-6-16(26-3)7-5-15/h4-7,14H,8-13H2,1-3H3,(H,20,25). The molecule has 8 heteroatoms. The number of ether oxygens (including phenoxy) is 1. The molecule has 0 unspecified atom stereocenters. The average molecular weight is 373 g/mol. The Morgan fingerprint density at radius 2 is 1.85 bits per heavy atom. The minimum absolute atomic E-state index is 0.0829. The number of methoxy groups -OCH3 is 1. The molecule has 27 heavy (non-hydrogen) atoms. The number of benzene rings is 1.